The van der Waals surface area contributed by atoms with Crippen LogP contribution in [0.15, 0.2) is 42.5 Å². The Labute approximate surface area is 129 Å². The molecule has 0 saturated heterocycles. The van der Waals surface area contributed by atoms with Gasteiger partial charge in [-0.15, -0.1) is 0 Å². The van der Waals surface area contributed by atoms with Crippen LogP contribution in [0.25, 0.3) is 0 Å². The van der Waals surface area contributed by atoms with Gasteiger partial charge in [-0.2, -0.15) is 0 Å². The van der Waals surface area contributed by atoms with Crippen molar-refractivity contribution in [3.63, 3.8) is 0 Å². The third-order valence-electron chi connectivity index (χ3n) is 3.35. The standard InChI is InChI=1S/C17H19ClFNO/c1-12-4-3-5-14(10-12)21-9-8-17(20-2)15-7-6-13(18)11-16(15)19/h3-7,10-11,17,20H,8-9H2,1-2H3. The summed E-state index contributed by atoms with van der Waals surface area (Å²) in [6.07, 6.45) is 0.670. The van der Waals surface area contributed by atoms with Gasteiger partial charge in [0, 0.05) is 23.0 Å². The Morgan fingerprint density at radius 2 is 2.05 bits per heavy atom. The monoisotopic (exact) mass is 307 g/mol. The second-order valence-corrected chi connectivity index (χ2v) is 5.40. The molecule has 0 spiro atoms. The van der Waals surface area contributed by atoms with Gasteiger partial charge in [-0.25, -0.2) is 4.39 Å². The largest absolute Gasteiger partial charge is 0.494 e. The van der Waals surface area contributed by atoms with Crippen LogP contribution in [-0.2, 0) is 0 Å². The lowest BCUT2D eigenvalue weighted by molar-refractivity contribution is 0.288. The maximum absolute atomic E-state index is 13.9. The summed E-state index contributed by atoms with van der Waals surface area (Å²) in [6, 6.07) is 12.5. The highest BCUT2D eigenvalue weighted by atomic mass is 35.5. The van der Waals surface area contributed by atoms with E-state index in [1.165, 1.54) is 6.07 Å². The Hall–Kier alpha value is -1.58. The fourth-order valence-corrected chi connectivity index (χ4v) is 2.40. The number of aryl methyl sites for hydroxylation is 1. The lowest BCUT2D eigenvalue weighted by Gasteiger charge is -2.18. The van der Waals surface area contributed by atoms with E-state index in [0.29, 0.717) is 23.6 Å². The molecule has 112 valence electrons. The van der Waals surface area contributed by atoms with Gasteiger partial charge in [-0.05, 0) is 43.8 Å². The number of rotatable bonds is 6. The van der Waals surface area contributed by atoms with Crippen LogP contribution in [0.5, 0.6) is 5.75 Å². The van der Waals surface area contributed by atoms with E-state index in [0.717, 1.165) is 11.3 Å². The van der Waals surface area contributed by atoms with E-state index >= 15 is 0 Å². The normalized spacial score (nSPS) is 12.2. The van der Waals surface area contributed by atoms with Crippen molar-refractivity contribution in [2.24, 2.45) is 0 Å². The van der Waals surface area contributed by atoms with Crippen LogP contribution in [0.3, 0.4) is 0 Å². The molecule has 1 unspecified atom stereocenters. The Morgan fingerprint density at radius 1 is 1.24 bits per heavy atom. The second kappa shape index (κ2) is 7.43. The first-order valence-corrected chi connectivity index (χ1v) is 7.29. The van der Waals surface area contributed by atoms with Crippen LogP contribution in [0.1, 0.15) is 23.6 Å². The van der Waals surface area contributed by atoms with E-state index in [-0.39, 0.29) is 11.9 Å². The molecule has 1 N–H and O–H groups in total. The fraction of sp³-hybridized carbons (Fsp3) is 0.294. The summed E-state index contributed by atoms with van der Waals surface area (Å²) >= 11 is 5.78. The van der Waals surface area contributed by atoms with Crippen molar-refractivity contribution in [2.45, 2.75) is 19.4 Å². The zero-order valence-corrected chi connectivity index (χ0v) is 13.0. The first-order valence-electron chi connectivity index (χ1n) is 6.92. The van der Waals surface area contributed by atoms with Crippen molar-refractivity contribution in [1.82, 2.24) is 5.32 Å². The SMILES string of the molecule is CNC(CCOc1cccc(C)c1)c1ccc(Cl)cc1F. The molecule has 0 aliphatic rings. The molecule has 4 heteroatoms. The quantitative estimate of drug-likeness (QED) is 0.847. The van der Waals surface area contributed by atoms with Gasteiger partial charge >= 0.3 is 0 Å². The van der Waals surface area contributed by atoms with E-state index < -0.39 is 0 Å². The molecule has 0 aromatic heterocycles. The molecular formula is C17H19ClFNO. The second-order valence-electron chi connectivity index (χ2n) is 4.96. The van der Waals surface area contributed by atoms with E-state index in [1.54, 1.807) is 12.1 Å². The summed E-state index contributed by atoms with van der Waals surface area (Å²) in [6.45, 7) is 2.53. The summed E-state index contributed by atoms with van der Waals surface area (Å²) in [4.78, 5) is 0. The lowest BCUT2D eigenvalue weighted by atomic mass is 10.0. The molecule has 2 aromatic rings. The van der Waals surface area contributed by atoms with Gasteiger partial charge in [-0.3, -0.25) is 0 Å². The topological polar surface area (TPSA) is 21.3 Å². The molecule has 1 atom stereocenters. The maximum atomic E-state index is 13.9. The number of hydrogen-bond donors (Lipinski definition) is 1. The summed E-state index contributed by atoms with van der Waals surface area (Å²) in [7, 11) is 1.81. The van der Waals surface area contributed by atoms with Gasteiger partial charge in [0.1, 0.15) is 11.6 Å². The van der Waals surface area contributed by atoms with Crippen molar-refractivity contribution in [3.8, 4) is 5.75 Å². The minimum Gasteiger partial charge on any atom is -0.494 e. The van der Waals surface area contributed by atoms with Gasteiger partial charge in [0.15, 0.2) is 0 Å². The smallest absolute Gasteiger partial charge is 0.129 e. The molecule has 2 aromatic carbocycles. The highest BCUT2D eigenvalue weighted by Gasteiger charge is 2.14. The molecule has 0 aliphatic heterocycles. The van der Waals surface area contributed by atoms with Crippen LogP contribution in [0.4, 0.5) is 4.39 Å². The van der Waals surface area contributed by atoms with Gasteiger partial charge in [0.05, 0.1) is 6.61 Å². The molecule has 21 heavy (non-hydrogen) atoms. The summed E-state index contributed by atoms with van der Waals surface area (Å²) in [5, 5.41) is 3.52. The highest BCUT2D eigenvalue weighted by Crippen LogP contribution is 2.23. The van der Waals surface area contributed by atoms with Crippen LogP contribution in [0, 0.1) is 12.7 Å². The average molecular weight is 308 g/mol. The number of halogens is 2. The van der Waals surface area contributed by atoms with Crippen molar-refractivity contribution in [2.75, 3.05) is 13.7 Å². The molecule has 0 radical (unpaired) electrons. The van der Waals surface area contributed by atoms with E-state index in [9.17, 15) is 4.39 Å². The van der Waals surface area contributed by atoms with Crippen molar-refractivity contribution in [3.05, 3.63) is 64.4 Å². The summed E-state index contributed by atoms with van der Waals surface area (Å²) < 4.78 is 19.6. The van der Waals surface area contributed by atoms with Crippen LogP contribution in [0.2, 0.25) is 5.02 Å². The maximum Gasteiger partial charge on any atom is 0.129 e. The highest BCUT2D eigenvalue weighted by molar-refractivity contribution is 6.30. The van der Waals surface area contributed by atoms with Gasteiger partial charge < -0.3 is 10.1 Å². The van der Waals surface area contributed by atoms with Gasteiger partial charge in [0.25, 0.3) is 0 Å². The van der Waals surface area contributed by atoms with E-state index in [2.05, 4.69) is 5.32 Å². The predicted octanol–water partition coefficient (Wildman–Crippen LogP) is 4.52. The zero-order chi connectivity index (χ0) is 15.2. The minimum atomic E-state index is -0.294. The van der Waals surface area contributed by atoms with Crippen LogP contribution in [-0.4, -0.2) is 13.7 Å². The van der Waals surface area contributed by atoms with Gasteiger partial charge in [0.2, 0.25) is 0 Å². The van der Waals surface area contributed by atoms with Crippen molar-refractivity contribution >= 4 is 11.6 Å². The first-order chi connectivity index (χ1) is 10.1. The van der Waals surface area contributed by atoms with Gasteiger partial charge in [-0.1, -0.05) is 29.8 Å². The van der Waals surface area contributed by atoms with E-state index in [4.69, 9.17) is 16.3 Å². The molecular weight excluding hydrogens is 289 g/mol. The molecule has 0 fully saturated rings. The number of nitrogens with one attached hydrogen (secondary N) is 1. The first kappa shape index (κ1) is 15.8. The Morgan fingerprint density at radius 3 is 2.71 bits per heavy atom. The van der Waals surface area contributed by atoms with Crippen LogP contribution >= 0.6 is 11.6 Å². The average Bonchev–Trinajstić information content (AvgIpc) is 2.45. The number of ether oxygens (including phenoxy) is 1. The predicted molar refractivity (Wildman–Crippen MR) is 84.5 cm³/mol. The van der Waals surface area contributed by atoms with Crippen LogP contribution < -0.4 is 10.1 Å². The molecule has 0 saturated carbocycles. The molecule has 0 heterocycles. The number of benzene rings is 2. The minimum absolute atomic E-state index is 0.105. The molecule has 2 rings (SSSR count). The fourth-order valence-electron chi connectivity index (χ4n) is 2.24. The zero-order valence-electron chi connectivity index (χ0n) is 12.2. The van der Waals surface area contributed by atoms with Crippen molar-refractivity contribution in [1.29, 1.82) is 0 Å². The molecule has 2 nitrogen and oxygen atoms in total. The Kier molecular flexibility index (Phi) is 5.59. The summed E-state index contributed by atoms with van der Waals surface area (Å²) in [5.41, 5.74) is 1.76. The Balaban J connectivity index is 1.96. The summed E-state index contributed by atoms with van der Waals surface area (Å²) in [5.74, 6) is 0.541. The molecule has 0 aliphatic carbocycles. The third-order valence-corrected chi connectivity index (χ3v) is 3.59. The Bertz CT molecular complexity index is 603. The van der Waals surface area contributed by atoms with E-state index in [1.807, 2.05) is 38.2 Å². The molecule has 0 bridgehead atoms. The number of hydrogen-bond acceptors (Lipinski definition) is 2. The lowest BCUT2D eigenvalue weighted by Crippen LogP contribution is -2.20. The third kappa shape index (κ3) is 4.45. The van der Waals surface area contributed by atoms with Crippen molar-refractivity contribution < 1.29 is 9.13 Å². The molecule has 0 amide bonds.